The normalized spacial score (nSPS) is 20.5. The van der Waals surface area contributed by atoms with Crippen LogP contribution >= 0.6 is 7.82 Å². The highest BCUT2D eigenvalue weighted by Crippen LogP contribution is 2.30. The van der Waals surface area contributed by atoms with Crippen LogP contribution in [0.1, 0.15) is 12.1 Å². The highest BCUT2D eigenvalue weighted by Gasteiger charge is 2.34. The average Bonchev–Trinajstić information content (AvgIpc) is 3.59. The van der Waals surface area contributed by atoms with E-state index in [1.165, 1.54) is 17.2 Å². The lowest BCUT2D eigenvalue weighted by Crippen LogP contribution is -2.31. The second-order valence-corrected chi connectivity index (χ2v) is 9.44. The van der Waals surface area contributed by atoms with Crippen molar-refractivity contribution >= 4 is 25.3 Å². The predicted octanol–water partition coefficient (Wildman–Crippen LogP) is 1.99. The zero-order chi connectivity index (χ0) is 25.3. The molecule has 0 bridgehead atoms. The first-order valence-electron chi connectivity index (χ1n) is 11.0. The number of amides is 1. The van der Waals surface area contributed by atoms with Gasteiger partial charge in [-0.1, -0.05) is 16.4 Å². The van der Waals surface area contributed by atoms with Crippen LogP contribution in [0.3, 0.4) is 0 Å². The third-order valence-electron chi connectivity index (χ3n) is 5.72. The molecule has 1 amide bonds. The number of carbonyl (C=O) groups excluding carboxylic acids is 1. The van der Waals surface area contributed by atoms with Crippen LogP contribution in [0.2, 0.25) is 0 Å². The molecule has 1 aromatic carbocycles. The Morgan fingerprint density at radius 1 is 1.18 bits per heavy atom. The van der Waals surface area contributed by atoms with Crippen LogP contribution in [0.25, 0.3) is 11.1 Å². The van der Waals surface area contributed by atoms with E-state index in [1.54, 1.807) is 29.3 Å². The van der Waals surface area contributed by atoms with E-state index in [-0.39, 0.29) is 30.8 Å². The van der Waals surface area contributed by atoms with Crippen molar-refractivity contribution in [3.05, 3.63) is 48.0 Å². The van der Waals surface area contributed by atoms with Crippen molar-refractivity contribution in [2.75, 3.05) is 37.7 Å². The van der Waals surface area contributed by atoms with Crippen molar-refractivity contribution in [1.29, 1.82) is 0 Å². The Balaban J connectivity index is 0.00000200. The van der Waals surface area contributed by atoms with E-state index in [0.29, 0.717) is 42.3 Å². The topological polar surface area (TPSA) is 237 Å². The molecule has 4 heterocycles. The van der Waals surface area contributed by atoms with Gasteiger partial charge >= 0.3 is 6.09 Å². The highest BCUT2D eigenvalue weighted by atomic mass is 31.2. The number of aromatic nitrogens is 1. The molecule has 2 aromatic rings. The van der Waals surface area contributed by atoms with Crippen LogP contribution in [0.4, 0.5) is 14.9 Å². The molecule has 206 valence electrons. The summed E-state index contributed by atoms with van der Waals surface area (Å²) < 4.78 is 35.2. The van der Waals surface area contributed by atoms with Gasteiger partial charge in [0.25, 0.3) is 0 Å². The predicted molar refractivity (Wildman–Crippen MR) is 130 cm³/mol. The molecule has 38 heavy (non-hydrogen) atoms. The van der Waals surface area contributed by atoms with Gasteiger partial charge in [-0.3, -0.25) is 14.9 Å². The molecule has 0 spiro atoms. The van der Waals surface area contributed by atoms with Crippen LogP contribution < -0.4 is 27.0 Å². The maximum absolute atomic E-state index is 15.0. The number of oxime groups is 1. The number of ether oxygens (including phenoxy) is 1. The lowest BCUT2D eigenvalue weighted by atomic mass is 10.0. The van der Waals surface area contributed by atoms with E-state index in [2.05, 4.69) is 25.0 Å². The number of anilines is 1. The van der Waals surface area contributed by atoms with Gasteiger partial charge in [-0.2, -0.15) is 5.11 Å². The summed E-state index contributed by atoms with van der Waals surface area (Å²) in [5.74, 6) is -0.537. The van der Waals surface area contributed by atoms with Crippen LogP contribution in [0.15, 0.2) is 52.0 Å². The third kappa shape index (κ3) is 6.66. The fourth-order valence-corrected chi connectivity index (χ4v) is 4.35. The molecule has 0 aliphatic carbocycles. The number of pyridine rings is 1. The Morgan fingerprint density at radius 3 is 2.66 bits per heavy atom. The van der Waals surface area contributed by atoms with Gasteiger partial charge in [0.2, 0.25) is 0 Å². The standard InChI is InChI=1S/C21H22FN6O7P.2H3N/c22-18-7-14(28-11-16(34-21(28)29)10-27-6-5-24-26-27)2-3-17(18)13-1-4-19(23-9-13)20-8-15(35-25-20)12-33-36(30,31)32;;/h1-4,7,9,15-16H,5-6,8,10-12H2,(H2,30,31,32);2*1H3/t15-,16-;;/m0../s1. The van der Waals surface area contributed by atoms with Crippen LogP contribution in [-0.4, -0.2) is 66.8 Å². The van der Waals surface area contributed by atoms with Gasteiger partial charge in [0.15, 0.2) is 6.10 Å². The van der Waals surface area contributed by atoms with Gasteiger partial charge in [-0.05, 0) is 24.3 Å². The molecule has 0 unspecified atom stereocenters. The summed E-state index contributed by atoms with van der Waals surface area (Å²) in [6.07, 6.45) is -0.00488. The molecule has 0 saturated carbocycles. The first-order chi connectivity index (χ1) is 17.2. The first kappa shape index (κ1) is 29.0. The molecule has 8 N–H and O–H groups in total. The Labute approximate surface area is 216 Å². The fourth-order valence-electron chi connectivity index (χ4n) is 4.00. The lowest BCUT2D eigenvalue weighted by molar-refractivity contribution is -0.342. The van der Waals surface area contributed by atoms with Crippen LogP contribution in [0.5, 0.6) is 0 Å². The fraction of sp³-hybridized carbons (Fsp3) is 0.381. The zero-order valence-corrected chi connectivity index (χ0v) is 21.6. The van der Waals surface area contributed by atoms with Crippen molar-refractivity contribution in [2.45, 2.75) is 18.6 Å². The number of benzene rings is 1. The van der Waals surface area contributed by atoms with Crippen molar-refractivity contribution in [3.63, 3.8) is 0 Å². The summed E-state index contributed by atoms with van der Waals surface area (Å²) in [5.41, 5.74) is 2.06. The monoisotopic (exact) mass is 554 g/mol. The van der Waals surface area contributed by atoms with E-state index >= 15 is 4.39 Å². The largest absolute Gasteiger partial charge is 0.790 e. The number of cyclic esters (lactones) is 1. The van der Waals surface area contributed by atoms with Crippen LogP contribution in [0, 0.1) is 5.82 Å². The van der Waals surface area contributed by atoms with E-state index < -0.39 is 38.5 Å². The van der Waals surface area contributed by atoms with E-state index in [4.69, 9.17) is 9.57 Å². The molecular formula is C21H28FN8O7P. The molecule has 2 atom stereocenters. The van der Waals surface area contributed by atoms with Gasteiger partial charge in [0.05, 0.1) is 52.0 Å². The number of halogens is 1. The van der Waals surface area contributed by atoms with E-state index in [1.807, 2.05) is 0 Å². The smallest absolute Gasteiger partial charge is 0.414 e. The molecule has 3 aliphatic heterocycles. The van der Waals surface area contributed by atoms with Gasteiger partial charge in [-0.15, -0.1) is 0 Å². The zero-order valence-electron chi connectivity index (χ0n) is 20.7. The minimum atomic E-state index is -5.10. The number of carbonyl (C=O) groups is 1. The Kier molecular flexibility index (Phi) is 9.09. The van der Waals surface area contributed by atoms with Gasteiger partial charge < -0.3 is 40.8 Å². The summed E-state index contributed by atoms with van der Waals surface area (Å²) in [7, 11) is -5.10. The maximum atomic E-state index is 15.0. The lowest BCUT2D eigenvalue weighted by Gasteiger charge is -2.29. The molecule has 5 rings (SSSR count). The highest BCUT2D eigenvalue weighted by molar-refractivity contribution is 7.43. The Hall–Kier alpha value is -3.53. The number of hydrogen-bond acceptors (Lipinski definition) is 12. The number of quaternary nitrogens is 2. The quantitative estimate of drug-likeness (QED) is 0.453. The molecule has 17 heteroatoms. The molecule has 1 saturated heterocycles. The van der Waals surface area contributed by atoms with E-state index in [0.717, 1.165) is 0 Å². The summed E-state index contributed by atoms with van der Waals surface area (Å²) in [6.45, 7) is 1.54. The van der Waals surface area contributed by atoms with Crippen molar-refractivity contribution in [3.8, 4) is 11.1 Å². The number of nitrogens with zero attached hydrogens (tertiary/aromatic N) is 6. The van der Waals surface area contributed by atoms with Gasteiger partial charge in [0.1, 0.15) is 17.6 Å². The number of phosphoric ester groups is 1. The number of rotatable bonds is 8. The van der Waals surface area contributed by atoms with E-state index in [9.17, 15) is 19.1 Å². The van der Waals surface area contributed by atoms with Crippen molar-refractivity contribution in [1.82, 2.24) is 22.3 Å². The minimum Gasteiger partial charge on any atom is -0.790 e. The van der Waals surface area contributed by atoms with Gasteiger partial charge in [-0.25, -0.2) is 9.18 Å². The van der Waals surface area contributed by atoms with Crippen molar-refractivity contribution < 1.29 is 37.6 Å². The average molecular weight is 554 g/mol. The second kappa shape index (κ2) is 11.9. The summed E-state index contributed by atoms with van der Waals surface area (Å²) in [5, 5.41) is 13.4. The number of hydrogen-bond donors (Lipinski definition) is 2. The number of phosphoric acid groups is 1. The third-order valence-corrected chi connectivity index (χ3v) is 6.19. The first-order valence-corrected chi connectivity index (χ1v) is 12.5. The molecule has 1 aromatic heterocycles. The Bertz CT molecular complexity index is 1260. The van der Waals surface area contributed by atoms with Gasteiger partial charge in [0, 0.05) is 23.7 Å². The summed E-state index contributed by atoms with van der Waals surface area (Å²) in [4.78, 5) is 44.3. The Morgan fingerprint density at radius 2 is 2.00 bits per heavy atom. The van der Waals surface area contributed by atoms with Crippen LogP contribution in [-0.2, 0) is 18.7 Å². The molecule has 15 nitrogen and oxygen atoms in total. The SMILES string of the molecule is O=C1O[C@@H](CN2CCN=N2)CN1c1ccc(-c2ccc(C3=NO[C@H](COP(=O)([O-])[O-])C3)nc2)c(F)c1.[NH4+].[NH4+]. The summed E-state index contributed by atoms with van der Waals surface area (Å²) in [6, 6.07) is 7.74. The maximum Gasteiger partial charge on any atom is 0.414 e. The minimum absolute atomic E-state index is 0. The molecule has 3 aliphatic rings. The summed E-state index contributed by atoms with van der Waals surface area (Å²) >= 11 is 0. The van der Waals surface area contributed by atoms with Crippen molar-refractivity contribution in [2.24, 2.45) is 15.5 Å². The second-order valence-electron chi connectivity index (χ2n) is 8.29. The molecular weight excluding hydrogens is 526 g/mol. The molecule has 0 radical (unpaired) electrons. The molecule has 1 fully saturated rings.